The van der Waals surface area contributed by atoms with Gasteiger partial charge < -0.3 is 9.84 Å². The number of hydrogen-bond donors (Lipinski definition) is 1. The van der Waals surface area contributed by atoms with Crippen molar-refractivity contribution in [2.24, 2.45) is 0 Å². The number of aryl methyl sites for hydroxylation is 1. The second-order valence-corrected chi connectivity index (χ2v) is 7.10. The lowest BCUT2D eigenvalue weighted by Gasteiger charge is -2.13. The number of benzene rings is 2. The Morgan fingerprint density at radius 1 is 0.964 bits per heavy atom. The van der Waals surface area contributed by atoms with Crippen LogP contribution in [0.15, 0.2) is 66.7 Å². The fourth-order valence-electron chi connectivity index (χ4n) is 3.09. The van der Waals surface area contributed by atoms with E-state index in [1.54, 1.807) is 0 Å². The zero-order valence-corrected chi connectivity index (χ0v) is 16.3. The molecule has 2 aromatic carbocycles. The molecule has 144 valence electrons. The number of aliphatic carboxylic acids is 1. The zero-order valence-electron chi connectivity index (χ0n) is 16.3. The number of carboxylic acid groups (broad SMARTS) is 1. The van der Waals surface area contributed by atoms with E-state index in [1.165, 1.54) is 5.56 Å². The van der Waals surface area contributed by atoms with Gasteiger partial charge in [-0.3, -0.25) is 4.79 Å². The van der Waals surface area contributed by atoms with Crippen molar-refractivity contribution < 1.29 is 14.6 Å². The minimum atomic E-state index is -0.780. The van der Waals surface area contributed by atoms with Crippen molar-refractivity contribution in [2.75, 3.05) is 0 Å². The van der Waals surface area contributed by atoms with Gasteiger partial charge in [-0.15, -0.1) is 0 Å². The molecule has 0 amide bonds. The van der Waals surface area contributed by atoms with Gasteiger partial charge in [-0.2, -0.15) is 0 Å². The lowest BCUT2D eigenvalue weighted by Crippen LogP contribution is -2.00. The highest BCUT2D eigenvalue weighted by Gasteiger charge is 2.10. The van der Waals surface area contributed by atoms with Gasteiger partial charge in [0, 0.05) is 18.1 Å². The Balaban J connectivity index is 1.68. The predicted molar refractivity (Wildman–Crippen MR) is 110 cm³/mol. The van der Waals surface area contributed by atoms with Gasteiger partial charge in [-0.1, -0.05) is 68.4 Å². The molecule has 0 spiro atoms. The smallest absolute Gasteiger partial charge is 0.303 e. The van der Waals surface area contributed by atoms with E-state index in [0.29, 0.717) is 24.8 Å². The Morgan fingerprint density at radius 2 is 1.68 bits per heavy atom. The van der Waals surface area contributed by atoms with E-state index in [9.17, 15) is 4.79 Å². The van der Waals surface area contributed by atoms with Crippen molar-refractivity contribution in [1.82, 2.24) is 4.98 Å². The zero-order chi connectivity index (χ0) is 19.9. The fraction of sp³-hybridized carbons (Fsp3) is 0.250. The summed E-state index contributed by atoms with van der Waals surface area (Å²) in [4.78, 5) is 15.3. The van der Waals surface area contributed by atoms with Crippen molar-refractivity contribution in [3.8, 4) is 17.1 Å². The van der Waals surface area contributed by atoms with Gasteiger partial charge in [-0.25, -0.2) is 4.98 Å². The van der Waals surface area contributed by atoms with Gasteiger partial charge in [0.15, 0.2) is 0 Å². The van der Waals surface area contributed by atoms with Gasteiger partial charge in [-0.05, 0) is 35.1 Å². The molecule has 4 nitrogen and oxygen atoms in total. The number of pyridine rings is 1. The first kappa shape index (κ1) is 19.6. The molecule has 0 atom stereocenters. The molecule has 0 saturated heterocycles. The predicted octanol–water partition coefficient (Wildman–Crippen LogP) is 5.47. The number of carbonyl (C=O) groups is 1. The van der Waals surface area contributed by atoms with Crippen molar-refractivity contribution in [3.63, 3.8) is 0 Å². The number of ether oxygens (including phenoxy) is 1. The van der Waals surface area contributed by atoms with Crippen molar-refractivity contribution in [1.29, 1.82) is 0 Å². The molecule has 0 aliphatic rings. The number of aromatic nitrogens is 1. The Kier molecular flexibility index (Phi) is 6.43. The topological polar surface area (TPSA) is 59.4 Å². The molecule has 0 unspecified atom stereocenters. The Bertz CT molecular complexity index is 933. The Morgan fingerprint density at radius 3 is 2.39 bits per heavy atom. The molecule has 0 fully saturated rings. The first-order valence-electron chi connectivity index (χ1n) is 9.51. The van der Waals surface area contributed by atoms with E-state index in [1.807, 2.05) is 48.5 Å². The summed E-state index contributed by atoms with van der Waals surface area (Å²) in [5.41, 5.74) is 5.34. The van der Waals surface area contributed by atoms with Gasteiger partial charge >= 0.3 is 5.97 Å². The number of hydrogen-bond acceptors (Lipinski definition) is 3. The summed E-state index contributed by atoms with van der Waals surface area (Å²) in [6, 6.07) is 22.0. The average molecular weight is 375 g/mol. The number of rotatable bonds is 8. The van der Waals surface area contributed by atoms with Crippen molar-refractivity contribution >= 4 is 5.97 Å². The largest absolute Gasteiger partial charge is 0.481 e. The molecular formula is C24H25NO3. The van der Waals surface area contributed by atoms with Crippen LogP contribution in [0, 0.1) is 0 Å². The normalized spacial score (nSPS) is 10.8. The molecule has 4 heteroatoms. The maximum atomic E-state index is 10.7. The van der Waals surface area contributed by atoms with Gasteiger partial charge in [0.25, 0.3) is 0 Å². The molecule has 0 saturated carbocycles. The van der Waals surface area contributed by atoms with Crippen LogP contribution in [-0.4, -0.2) is 16.1 Å². The molecule has 28 heavy (non-hydrogen) atoms. The van der Waals surface area contributed by atoms with Crippen molar-refractivity contribution in [3.05, 3.63) is 83.4 Å². The summed E-state index contributed by atoms with van der Waals surface area (Å²) in [5.74, 6) is 0.227. The fourth-order valence-corrected chi connectivity index (χ4v) is 3.09. The van der Waals surface area contributed by atoms with Crippen LogP contribution in [0.1, 0.15) is 42.9 Å². The van der Waals surface area contributed by atoms with E-state index in [0.717, 1.165) is 22.4 Å². The van der Waals surface area contributed by atoms with Gasteiger partial charge in [0.05, 0.1) is 5.69 Å². The molecule has 0 bridgehead atoms. The van der Waals surface area contributed by atoms with Crippen LogP contribution >= 0.6 is 0 Å². The van der Waals surface area contributed by atoms with Crippen LogP contribution in [0.5, 0.6) is 5.88 Å². The minimum Gasteiger partial charge on any atom is -0.481 e. The van der Waals surface area contributed by atoms with E-state index >= 15 is 0 Å². The maximum Gasteiger partial charge on any atom is 0.303 e. The molecule has 1 heterocycles. The monoisotopic (exact) mass is 375 g/mol. The lowest BCUT2D eigenvalue weighted by molar-refractivity contribution is -0.136. The van der Waals surface area contributed by atoms with Crippen LogP contribution in [0.25, 0.3) is 11.3 Å². The summed E-state index contributed by atoms with van der Waals surface area (Å²) < 4.78 is 5.89. The second kappa shape index (κ2) is 9.18. The summed E-state index contributed by atoms with van der Waals surface area (Å²) >= 11 is 0. The van der Waals surface area contributed by atoms with Crippen LogP contribution in [-0.2, 0) is 17.8 Å². The Labute approximate surface area is 165 Å². The maximum absolute atomic E-state index is 10.7. The van der Waals surface area contributed by atoms with E-state index in [2.05, 4.69) is 37.0 Å². The molecule has 0 radical (unpaired) electrons. The highest BCUT2D eigenvalue weighted by atomic mass is 16.5. The molecular weight excluding hydrogens is 350 g/mol. The Hall–Kier alpha value is -3.14. The third-order valence-electron chi connectivity index (χ3n) is 4.62. The van der Waals surface area contributed by atoms with Gasteiger partial charge in [0.1, 0.15) is 6.61 Å². The standard InChI is InChI=1S/C24H25NO3/c1-17(2)20-6-3-4-7-21(20)22-8-5-9-23(25-22)28-16-19-12-10-18(11-13-19)14-15-24(26)27/h3-13,17H,14-16H2,1-2H3,(H,26,27). The second-order valence-electron chi connectivity index (χ2n) is 7.10. The lowest BCUT2D eigenvalue weighted by atomic mass is 9.95. The van der Waals surface area contributed by atoms with E-state index in [-0.39, 0.29) is 6.42 Å². The molecule has 3 rings (SSSR count). The van der Waals surface area contributed by atoms with Crippen molar-refractivity contribution in [2.45, 2.75) is 39.2 Å². The first-order chi connectivity index (χ1) is 13.5. The van der Waals surface area contributed by atoms with Crippen LogP contribution < -0.4 is 4.74 Å². The summed E-state index contributed by atoms with van der Waals surface area (Å²) in [7, 11) is 0. The summed E-state index contributed by atoms with van der Waals surface area (Å²) in [6.07, 6.45) is 0.680. The third kappa shape index (κ3) is 5.19. The molecule has 3 aromatic rings. The van der Waals surface area contributed by atoms with Crippen LogP contribution in [0.2, 0.25) is 0 Å². The molecule has 1 N–H and O–H groups in total. The third-order valence-corrected chi connectivity index (χ3v) is 4.62. The molecule has 1 aromatic heterocycles. The van der Waals surface area contributed by atoms with E-state index in [4.69, 9.17) is 9.84 Å². The summed E-state index contributed by atoms with van der Waals surface area (Å²) in [6.45, 7) is 4.78. The molecule has 0 aliphatic heterocycles. The van der Waals surface area contributed by atoms with E-state index < -0.39 is 5.97 Å². The van der Waals surface area contributed by atoms with Crippen LogP contribution in [0.4, 0.5) is 0 Å². The number of carboxylic acids is 1. The SMILES string of the molecule is CC(C)c1ccccc1-c1cccc(OCc2ccc(CCC(=O)O)cc2)n1. The summed E-state index contributed by atoms with van der Waals surface area (Å²) in [5, 5.41) is 8.76. The highest BCUT2D eigenvalue weighted by Crippen LogP contribution is 2.28. The minimum absolute atomic E-state index is 0.143. The average Bonchev–Trinajstić information content (AvgIpc) is 2.71. The quantitative estimate of drug-likeness (QED) is 0.567. The molecule has 0 aliphatic carbocycles. The number of nitrogens with zero attached hydrogens (tertiary/aromatic N) is 1. The van der Waals surface area contributed by atoms with Gasteiger partial charge in [0.2, 0.25) is 5.88 Å². The van der Waals surface area contributed by atoms with Crippen LogP contribution in [0.3, 0.4) is 0 Å². The highest BCUT2D eigenvalue weighted by molar-refractivity contribution is 5.67. The first-order valence-corrected chi connectivity index (χ1v) is 9.51.